The second-order valence-corrected chi connectivity index (χ2v) is 10.7. The van der Waals surface area contributed by atoms with Gasteiger partial charge in [0.05, 0.1) is 23.1 Å². The van der Waals surface area contributed by atoms with Crippen LogP contribution in [0.4, 0.5) is 11.4 Å². The van der Waals surface area contributed by atoms with Gasteiger partial charge in [-0.15, -0.1) is 0 Å². The molecule has 39 heavy (non-hydrogen) atoms. The van der Waals surface area contributed by atoms with E-state index in [0.717, 1.165) is 24.8 Å². The first kappa shape index (κ1) is 25.0. The highest BCUT2D eigenvalue weighted by atomic mass is 16.5. The van der Waals surface area contributed by atoms with Gasteiger partial charge in [-0.25, -0.2) is 4.79 Å². The number of nitrogens with zero attached hydrogens (tertiary/aromatic N) is 1. The van der Waals surface area contributed by atoms with Crippen LogP contribution in [-0.2, 0) is 25.5 Å². The molecule has 2 bridgehead atoms. The average molecular weight is 523 g/mol. The third-order valence-corrected chi connectivity index (χ3v) is 8.61. The lowest BCUT2D eigenvalue weighted by molar-refractivity contribution is -0.123. The SMILES string of the molecule is CCc1ccccc1NC(=O)COC(=O)c1ccc(N2C(=O)[C@@H]3[C@@H]4C[C@@H]([C@@H]3C2=O)[C@H](c2ccccc2)C4)cc1. The summed E-state index contributed by atoms with van der Waals surface area (Å²) < 4.78 is 5.20. The van der Waals surface area contributed by atoms with Crippen molar-refractivity contribution < 1.29 is 23.9 Å². The number of hydrogen-bond acceptors (Lipinski definition) is 5. The van der Waals surface area contributed by atoms with Crippen LogP contribution in [0.25, 0.3) is 0 Å². The molecule has 2 saturated carbocycles. The van der Waals surface area contributed by atoms with Gasteiger partial charge in [-0.1, -0.05) is 55.5 Å². The van der Waals surface area contributed by atoms with Crippen LogP contribution < -0.4 is 10.2 Å². The average Bonchev–Trinajstić information content (AvgIpc) is 3.64. The van der Waals surface area contributed by atoms with Crippen molar-refractivity contribution in [3.8, 4) is 0 Å². The Balaban J connectivity index is 1.10. The standard InChI is InChI=1S/C32H30N2O5/c1-2-19-8-6-7-11-26(19)33-27(35)18-39-32(38)21-12-14-23(15-13-21)34-30(36)28-22-16-24(20-9-4-3-5-10-20)25(17-22)29(28)31(34)37/h3-15,22,24-25,28-29H,2,16-18H2,1H3,(H,33,35)/t22-,24-,25+,28+,29-/m0/s1. The highest BCUT2D eigenvalue weighted by molar-refractivity contribution is 6.22. The number of carbonyl (C=O) groups excluding carboxylic acids is 4. The molecule has 1 N–H and O–H groups in total. The number of hydrogen-bond donors (Lipinski definition) is 1. The van der Waals surface area contributed by atoms with Crippen molar-refractivity contribution in [2.45, 2.75) is 32.1 Å². The van der Waals surface area contributed by atoms with Crippen LogP contribution in [0, 0.1) is 23.7 Å². The molecular weight excluding hydrogens is 492 g/mol. The maximum absolute atomic E-state index is 13.5. The molecule has 3 amide bonds. The van der Waals surface area contributed by atoms with Crippen LogP contribution in [0.3, 0.4) is 0 Å². The molecule has 3 aliphatic rings. The minimum Gasteiger partial charge on any atom is -0.452 e. The van der Waals surface area contributed by atoms with Crippen molar-refractivity contribution in [1.29, 1.82) is 0 Å². The number of nitrogens with one attached hydrogen (secondary N) is 1. The molecule has 7 heteroatoms. The Bertz CT molecular complexity index is 1430. The van der Waals surface area contributed by atoms with Gasteiger partial charge in [0.2, 0.25) is 11.8 Å². The molecule has 0 unspecified atom stereocenters. The van der Waals surface area contributed by atoms with Crippen molar-refractivity contribution in [3.05, 3.63) is 95.6 Å². The summed E-state index contributed by atoms with van der Waals surface area (Å²) in [5.74, 6) is -1.21. The summed E-state index contributed by atoms with van der Waals surface area (Å²) >= 11 is 0. The van der Waals surface area contributed by atoms with Crippen LogP contribution in [0.2, 0.25) is 0 Å². The third-order valence-electron chi connectivity index (χ3n) is 8.61. The lowest BCUT2D eigenvalue weighted by Crippen LogP contribution is -2.33. The van der Waals surface area contributed by atoms with Gasteiger partial charge in [-0.2, -0.15) is 0 Å². The fourth-order valence-corrected chi connectivity index (χ4v) is 6.90. The molecular formula is C32H30N2O5. The molecule has 2 aliphatic carbocycles. The fraction of sp³-hybridized carbons (Fsp3) is 0.312. The monoisotopic (exact) mass is 522 g/mol. The van der Waals surface area contributed by atoms with Crippen LogP contribution in [0.5, 0.6) is 0 Å². The number of anilines is 2. The van der Waals surface area contributed by atoms with Gasteiger partial charge in [0.15, 0.2) is 6.61 Å². The Morgan fingerprint density at radius 3 is 2.31 bits per heavy atom. The molecule has 0 spiro atoms. The van der Waals surface area contributed by atoms with Gasteiger partial charge in [0.25, 0.3) is 5.91 Å². The van der Waals surface area contributed by atoms with Gasteiger partial charge < -0.3 is 10.1 Å². The van der Waals surface area contributed by atoms with E-state index in [1.807, 2.05) is 43.3 Å². The van der Waals surface area contributed by atoms with E-state index in [9.17, 15) is 19.2 Å². The van der Waals surface area contributed by atoms with Gasteiger partial charge >= 0.3 is 5.97 Å². The van der Waals surface area contributed by atoms with E-state index >= 15 is 0 Å². The summed E-state index contributed by atoms with van der Waals surface area (Å²) in [6.07, 6.45) is 2.62. The topological polar surface area (TPSA) is 92.8 Å². The predicted octanol–water partition coefficient (Wildman–Crippen LogP) is 4.97. The molecule has 1 heterocycles. The number of amides is 3. The number of para-hydroxylation sites is 1. The molecule has 3 aromatic carbocycles. The maximum atomic E-state index is 13.5. The van der Waals surface area contributed by atoms with E-state index in [4.69, 9.17) is 4.74 Å². The van der Waals surface area contributed by atoms with E-state index in [-0.39, 0.29) is 41.0 Å². The Morgan fingerprint density at radius 2 is 1.56 bits per heavy atom. The number of esters is 1. The van der Waals surface area contributed by atoms with E-state index in [0.29, 0.717) is 17.3 Å². The molecule has 5 atom stereocenters. The molecule has 7 nitrogen and oxygen atoms in total. The van der Waals surface area contributed by atoms with Gasteiger partial charge in [0, 0.05) is 5.69 Å². The van der Waals surface area contributed by atoms with Crippen molar-refractivity contribution in [2.75, 3.05) is 16.8 Å². The molecule has 1 saturated heterocycles. The summed E-state index contributed by atoms with van der Waals surface area (Å²) in [5.41, 5.74) is 3.63. The largest absolute Gasteiger partial charge is 0.452 e. The van der Waals surface area contributed by atoms with Crippen molar-refractivity contribution in [3.63, 3.8) is 0 Å². The summed E-state index contributed by atoms with van der Waals surface area (Å²) in [4.78, 5) is 53.1. The summed E-state index contributed by atoms with van der Waals surface area (Å²) in [5, 5.41) is 2.77. The Morgan fingerprint density at radius 1 is 0.872 bits per heavy atom. The lowest BCUT2D eigenvalue weighted by atomic mass is 9.73. The maximum Gasteiger partial charge on any atom is 0.338 e. The molecule has 3 aromatic rings. The number of benzene rings is 3. The molecule has 3 fully saturated rings. The zero-order valence-corrected chi connectivity index (χ0v) is 21.7. The normalized spacial score (nSPS) is 25.1. The van der Waals surface area contributed by atoms with Crippen LogP contribution in [0.15, 0.2) is 78.9 Å². The summed E-state index contributed by atoms with van der Waals surface area (Å²) in [7, 11) is 0. The summed E-state index contributed by atoms with van der Waals surface area (Å²) in [6, 6.07) is 24.0. The second-order valence-electron chi connectivity index (χ2n) is 10.7. The Labute approximate surface area is 227 Å². The fourth-order valence-electron chi connectivity index (χ4n) is 6.90. The molecule has 0 aromatic heterocycles. The number of rotatable bonds is 7. The van der Waals surface area contributed by atoms with E-state index < -0.39 is 18.5 Å². The number of ether oxygens (including phenoxy) is 1. The second kappa shape index (κ2) is 10.1. The van der Waals surface area contributed by atoms with Gasteiger partial charge in [-0.05, 0) is 78.5 Å². The minimum absolute atomic E-state index is 0.136. The first-order valence-corrected chi connectivity index (χ1v) is 13.5. The van der Waals surface area contributed by atoms with Crippen LogP contribution in [-0.4, -0.2) is 30.3 Å². The molecule has 198 valence electrons. The quantitative estimate of drug-likeness (QED) is 0.349. The number of fused-ring (bicyclic) bond motifs is 5. The Kier molecular flexibility index (Phi) is 6.51. The lowest BCUT2D eigenvalue weighted by Gasteiger charge is -2.28. The van der Waals surface area contributed by atoms with E-state index in [2.05, 4.69) is 17.4 Å². The highest BCUT2D eigenvalue weighted by Gasteiger charge is 2.64. The zero-order valence-electron chi connectivity index (χ0n) is 21.7. The first-order valence-electron chi connectivity index (χ1n) is 13.5. The Hall–Kier alpha value is -4.26. The number of carbonyl (C=O) groups is 4. The number of imide groups is 1. The zero-order chi connectivity index (χ0) is 27.1. The molecule has 6 rings (SSSR count). The van der Waals surface area contributed by atoms with Crippen molar-refractivity contribution in [1.82, 2.24) is 0 Å². The van der Waals surface area contributed by atoms with Crippen LogP contribution >= 0.6 is 0 Å². The van der Waals surface area contributed by atoms with Crippen LogP contribution in [0.1, 0.15) is 47.2 Å². The van der Waals surface area contributed by atoms with Gasteiger partial charge in [0.1, 0.15) is 0 Å². The van der Waals surface area contributed by atoms with Crippen molar-refractivity contribution >= 4 is 35.1 Å². The first-order chi connectivity index (χ1) is 19.0. The molecule has 0 radical (unpaired) electrons. The predicted molar refractivity (Wildman–Crippen MR) is 146 cm³/mol. The third kappa shape index (κ3) is 4.42. The van der Waals surface area contributed by atoms with Gasteiger partial charge in [-0.3, -0.25) is 19.3 Å². The minimum atomic E-state index is -0.653. The van der Waals surface area contributed by atoms with Crippen molar-refractivity contribution in [2.24, 2.45) is 23.7 Å². The highest BCUT2D eigenvalue weighted by Crippen LogP contribution is 2.61. The number of aryl methyl sites for hydroxylation is 1. The van der Waals surface area contributed by atoms with E-state index in [1.54, 1.807) is 18.2 Å². The smallest absolute Gasteiger partial charge is 0.338 e. The van der Waals surface area contributed by atoms with E-state index in [1.165, 1.54) is 22.6 Å². The molecule has 1 aliphatic heterocycles. The summed E-state index contributed by atoms with van der Waals surface area (Å²) in [6.45, 7) is 1.58.